The highest BCUT2D eigenvalue weighted by molar-refractivity contribution is 14.1. The third-order valence-corrected chi connectivity index (χ3v) is 18.5. The highest BCUT2D eigenvalue weighted by Gasteiger charge is 2.16. The summed E-state index contributed by atoms with van der Waals surface area (Å²) < 4.78 is 129. The van der Waals surface area contributed by atoms with Gasteiger partial charge in [-0.25, -0.2) is 55.1 Å². The molecule has 8 heterocycles. The number of nitrogens with one attached hydrogen (secondary N) is 4. The van der Waals surface area contributed by atoms with Gasteiger partial charge in [0.05, 0.1) is 61.5 Å². The normalized spacial score (nSPS) is 10.7. The van der Waals surface area contributed by atoms with Gasteiger partial charge in [-0.3, -0.25) is 0 Å². The minimum Gasteiger partial charge on any atom is -0.464 e. The van der Waals surface area contributed by atoms with Crippen LogP contribution in [-0.4, -0.2) is 39.9 Å². The quantitative estimate of drug-likeness (QED) is 0.0661. The predicted molar refractivity (Wildman–Crippen MR) is 391 cm³/mol. The number of oxazole rings is 2. The van der Waals surface area contributed by atoms with Gasteiger partial charge in [0.2, 0.25) is 0 Å². The number of aromatic amines is 4. The summed E-state index contributed by atoms with van der Waals surface area (Å²) >= 11 is 15.5. The van der Waals surface area contributed by atoms with Crippen LogP contribution in [0.1, 0.15) is 0 Å². The Bertz CT molecular complexity index is 4420. The molecule has 0 aliphatic rings. The fourth-order valence-electron chi connectivity index (χ4n) is 7.71. The minimum atomic E-state index is -0.692. The maximum absolute atomic E-state index is 13.2. The van der Waals surface area contributed by atoms with Crippen LogP contribution in [0.25, 0.3) is 88.0 Å². The molecular formula is C60H32F8I8N8O4. The van der Waals surface area contributed by atoms with Gasteiger partial charge in [0, 0.05) is 65.9 Å². The maximum atomic E-state index is 13.2. The fraction of sp³-hybridized carbons (Fsp3) is 0. The Morgan fingerprint density at radius 1 is 0.330 bits per heavy atom. The molecule has 0 radical (unpaired) electrons. The van der Waals surface area contributed by atoms with Crippen molar-refractivity contribution in [1.29, 1.82) is 0 Å². The van der Waals surface area contributed by atoms with Gasteiger partial charge < -0.3 is 37.6 Å². The van der Waals surface area contributed by atoms with E-state index in [4.69, 9.17) is 17.7 Å². The van der Waals surface area contributed by atoms with Gasteiger partial charge in [-0.15, -0.1) is 0 Å². The lowest BCUT2D eigenvalue weighted by atomic mass is 10.2. The minimum absolute atomic E-state index is 0.000741. The van der Waals surface area contributed by atoms with Crippen LogP contribution >= 0.6 is 181 Å². The molecular weight excluding hydrogens is 2060 g/mol. The van der Waals surface area contributed by atoms with E-state index in [0.29, 0.717) is 21.8 Å². The van der Waals surface area contributed by atoms with Crippen LogP contribution in [0.4, 0.5) is 35.1 Å². The molecule has 0 aliphatic carbocycles. The Balaban J connectivity index is 0.000000120. The summed E-state index contributed by atoms with van der Waals surface area (Å²) in [4.78, 5) is 27.0. The lowest BCUT2D eigenvalue weighted by molar-refractivity contribution is 0.536. The number of rotatable bonds is 0. The van der Waals surface area contributed by atoms with Crippen LogP contribution in [0.15, 0.2) is 189 Å². The second-order valence-corrected chi connectivity index (χ2v) is 26.9. The number of halogens is 16. The van der Waals surface area contributed by atoms with Crippen molar-refractivity contribution in [2.45, 2.75) is 0 Å². The van der Waals surface area contributed by atoms with Crippen LogP contribution < -0.4 is 0 Å². The van der Waals surface area contributed by atoms with Gasteiger partial charge in [-0.2, -0.15) is 0 Å². The monoisotopic (exact) mass is 2100 g/mol. The van der Waals surface area contributed by atoms with Crippen molar-refractivity contribution in [3.05, 3.63) is 247 Å². The van der Waals surface area contributed by atoms with E-state index in [1.807, 2.05) is 48.7 Å². The van der Waals surface area contributed by atoms with Gasteiger partial charge in [0.15, 0.2) is 47.0 Å². The topological polar surface area (TPSA) is 167 Å². The molecule has 28 heteroatoms. The molecule has 0 atom stereocenters. The second-order valence-electron chi connectivity index (χ2n) is 17.6. The zero-order valence-corrected chi connectivity index (χ0v) is 60.9. The van der Waals surface area contributed by atoms with Crippen LogP contribution in [0, 0.1) is 75.1 Å². The zero-order chi connectivity index (χ0) is 62.8. The molecule has 448 valence electrons. The molecule has 0 saturated carbocycles. The van der Waals surface area contributed by atoms with Crippen molar-refractivity contribution < 1.29 is 52.8 Å². The average Bonchev–Trinajstić information content (AvgIpc) is 3.32. The lowest BCUT2D eigenvalue weighted by Gasteiger charge is -1.97. The third kappa shape index (κ3) is 17.0. The average molecular weight is 2100 g/mol. The van der Waals surface area contributed by atoms with Crippen molar-refractivity contribution in [2.75, 3.05) is 0 Å². The Labute approximate surface area is 600 Å². The Morgan fingerprint density at radius 3 is 1.65 bits per heavy atom. The Kier molecular flexibility index (Phi) is 24.1. The molecule has 0 aliphatic heterocycles. The van der Waals surface area contributed by atoms with Crippen LogP contribution in [0.3, 0.4) is 0 Å². The van der Waals surface area contributed by atoms with E-state index >= 15 is 0 Å². The molecule has 4 N–H and O–H groups in total. The Hall–Kier alpha value is -4.92. The molecule has 0 fully saturated rings. The van der Waals surface area contributed by atoms with Gasteiger partial charge in [0.1, 0.15) is 51.2 Å². The van der Waals surface area contributed by atoms with Crippen molar-refractivity contribution in [3.63, 3.8) is 0 Å². The summed E-state index contributed by atoms with van der Waals surface area (Å²) in [7, 11) is 0. The summed E-state index contributed by atoms with van der Waals surface area (Å²) in [6.45, 7) is 0. The fourth-order valence-corrected chi connectivity index (χ4v) is 11.3. The molecule has 8 aromatic heterocycles. The molecule has 0 saturated heterocycles. The number of benzene rings is 8. The van der Waals surface area contributed by atoms with Crippen molar-refractivity contribution in [2.24, 2.45) is 0 Å². The van der Waals surface area contributed by atoms with Crippen LogP contribution in [0.5, 0.6) is 0 Å². The third-order valence-electron chi connectivity index (χ3n) is 11.9. The number of nitrogens with zero attached hydrogens (tertiary/aromatic N) is 4. The number of aromatic nitrogens is 8. The largest absolute Gasteiger partial charge is 0.464 e. The van der Waals surface area contributed by atoms with E-state index in [0.717, 1.165) is 40.2 Å². The first-order chi connectivity index (χ1) is 42.2. The molecule has 16 rings (SSSR count). The molecule has 0 spiro atoms. The summed E-state index contributed by atoms with van der Waals surface area (Å²) in [5.41, 5.74) is 7.44. The summed E-state index contributed by atoms with van der Waals surface area (Å²) in [5.74, 6) is -4.68. The van der Waals surface area contributed by atoms with Gasteiger partial charge in [-0.05, 0) is 284 Å². The smallest absolute Gasteiger partial charge is 0.191 e. The van der Waals surface area contributed by atoms with Crippen molar-refractivity contribution >= 4 is 269 Å². The number of hydrogen-bond acceptors (Lipinski definition) is 8. The number of H-pyrrole nitrogens is 4. The first kappa shape index (κ1) is 67.5. The first-order valence-electron chi connectivity index (χ1n) is 24.6. The SMILES string of the molecule is Fc1cc2[nH]ccc2c(F)c1I.Fc1cc2[nH]cnc2c(F)c1I.Fc1cc2ccoc2c(F)c1I.Fc1cc2ncoc2c(F)c1I.Ic1ccc2[nH]ccc2c1.Ic1ccc2ccoc2c1.Ic1ccc2nc[nH]c2c1.Ic1ccc2ncoc2c1. The van der Waals surface area contributed by atoms with Crippen molar-refractivity contribution in [3.8, 4) is 0 Å². The molecule has 16 aromatic rings. The van der Waals surface area contributed by atoms with Crippen molar-refractivity contribution in [1.82, 2.24) is 39.9 Å². The number of furan rings is 2. The van der Waals surface area contributed by atoms with Crippen LogP contribution in [-0.2, 0) is 0 Å². The van der Waals surface area contributed by atoms with E-state index in [2.05, 4.69) is 173 Å². The Morgan fingerprint density at radius 2 is 0.875 bits per heavy atom. The highest BCUT2D eigenvalue weighted by atomic mass is 127. The van der Waals surface area contributed by atoms with E-state index in [-0.39, 0.29) is 36.5 Å². The van der Waals surface area contributed by atoms with E-state index in [9.17, 15) is 35.1 Å². The number of fused-ring (bicyclic) bond motifs is 8. The first-order valence-corrected chi connectivity index (χ1v) is 33.2. The van der Waals surface area contributed by atoms with E-state index < -0.39 is 46.5 Å². The lowest BCUT2D eigenvalue weighted by Crippen LogP contribution is -1.89. The molecule has 0 bridgehead atoms. The highest BCUT2D eigenvalue weighted by Crippen LogP contribution is 2.28. The molecule has 12 nitrogen and oxygen atoms in total. The zero-order valence-electron chi connectivity index (χ0n) is 43.6. The van der Waals surface area contributed by atoms with Gasteiger partial charge >= 0.3 is 0 Å². The van der Waals surface area contributed by atoms with Crippen LogP contribution in [0.2, 0.25) is 0 Å². The maximum Gasteiger partial charge on any atom is 0.191 e. The van der Waals surface area contributed by atoms with Gasteiger partial charge in [-0.1, -0.05) is 6.07 Å². The molecule has 0 unspecified atom stereocenters. The van der Waals surface area contributed by atoms with Gasteiger partial charge in [0.25, 0.3) is 0 Å². The summed E-state index contributed by atoms with van der Waals surface area (Å²) in [6, 6.07) is 36.6. The second kappa shape index (κ2) is 31.4. The number of hydrogen-bond donors (Lipinski definition) is 4. The number of imidazole rings is 2. The predicted octanol–water partition coefficient (Wildman–Crippen LogP) is 21.9. The molecule has 0 amide bonds. The summed E-state index contributed by atoms with van der Waals surface area (Å²) in [5, 5.41) is 3.33. The van der Waals surface area contributed by atoms with E-state index in [1.54, 1.807) is 115 Å². The summed E-state index contributed by atoms with van der Waals surface area (Å²) in [6.07, 6.45) is 12.2. The van der Waals surface area contributed by atoms with E-state index in [1.165, 1.54) is 73.8 Å². The molecule has 8 aromatic carbocycles. The molecule has 88 heavy (non-hydrogen) atoms. The standard InChI is InChI=1S/C8H4F2IN.C8H3F2IO.C8H6IN.C8H5IO.C7H3F2IN2.C7H2F2INO.C7H5IN2.C7H4INO/c9-5-3-6-4(1-2-12-6)7(10)8(5)11;9-5-3-4-1-2-12-8(4)6(10)7(5)11;9-7-1-2-8-6(5-7)3-4-10-8;9-7-2-1-6-3-4-10-8(6)5-7;2*8-3-1-4-7(12-2-11-4)5(9)6(3)10;2*8-5-1-2-6-7(3-5)10-4-9-6/h1-3,12H;1-3H;1-5,10H;1-5H;1-2H,(H,11,12);1-2H;1-4H,(H,9,10);1-4H.